The molecule has 0 unspecified atom stereocenters. The summed E-state index contributed by atoms with van der Waals surface area (Å²) >= 11 is 13.5. The van der Waals surface area contributed by atoms with Crippen LogP contribution in [0.1, 0.15) is 5.56 Å². The van der Waals surface area contributed by atoms with Gasteiger partial charge >= 0.3 is 0 Å². The highest BCUT2D eigenvalue weighted by Gasteiger charge is 2.10. The quantitative estimate of drug-likeness (QED) is 0.441. The molecule has 4 aromatic rings. The Morgan fingerprint density at radius 1 is 0.800 bits per heavy atom. The van der Waals surface area contributed by atoms with E-state index in [1.165, 1.54) is 5.56 Å². The molecule has 0 spiro atoms. The van der Waals surface area contributed by atoms with E-state index in [-0.39, 0.29) is 0 Å². The Bertz CT molecular complexity index is 1010. The van der Waals surface area contributed by atoms with Gasteiger partial charge in [-0.1, -0.05) is 47.1 Å². The highest BCUT2D eigenvalue weighted by atomic mass is 35.5. The van der Waals surface area contributed by atoms with Crippen LogP contribution in [0.4, 0.5) is 0 Å². The van der Waals surface area contributed by atoms with Gasteiger partial charge in [-0.05, 0) is 54.1 Å². The van der Waals surface area contributed by atoms with Crippen LogP contribution in [-0.2, 0) is 5.75 Å². The van der Waals surface area contributed by atoms with Crippen LogP contribution in [-0.4, -0.2) is 19.8 Å². The van der Waals surface area contributed by atoms with E-state index in [0.717, 1.165) is 21.4 Å². The van der Waals surface area contributed by atoms with Gasteiger partial charge in [0, 0.05) is 21.4 Å². The van der Waals surface area contributed by atoms with Gasteiger partial charge in [0.25, 0.3) is 0 Å². The first kappa shape index (κ1) is 16.4. The SMILES string of the molecule is Clc1ccc(CSc2ccc3nnc(-c4ccc(Cl)cc4)n3n2)cc1. The van der Waals surface area contributed by atoms with E-state index in [9.17, 15) is 0 Å². The van der Waals surface area contributed by atoms with Gasteiger partial charge in [-0.25, -0.2) is 0 Å². The molecule has 0 radical (unpaired) electrons. The predicted molar refractivity (Wildman–Crippen MR) is 102 cm³/mol. The topological polar surface area (TPSA) is 43.1 Å². The maximum atomic E-state index is 5.96. The lowest BCUT2D eigenvalue weighted by atomic mass is 10.2. The Morgan fingerprint density at radius 3 is 2.20 bits per heavy atom. The van der Waals surface area contributed by atoms with Crippen molar-refractivity contribution in [1.82, 2.24) is 19.8 Å². The van der Waals surface area contributed by atoms with Crippen molar-refractivity contribution < 1.29 is 0 Å². The number of halogens is 2. The molecule has 0 aliphatic carbocycles. The summed E-state index contributed by atoms with van der Waals surface area (Å²) in [5, 5.41) is 15.4. The molecule has 0 saturated carbocycles. The van der Waals surface area contributed by atoms with Gasteiger partial charge in [-0.3, -0.25) is 0 Å². The largest absolute Gasteiger partial charge is 0.192 e. The van der Waals surface area contributed by atoms with E-state index in [2.05, 4.69) is 15.3 Å². The lowest BCUT2D eigenvalue weighted by Crippen LogP contribution is -1.96. The molecule has 25 heavy (non-hydrogen) atoms. The van der Waals surface area contributed by atoms with E-state index in [1.807, 2.05) is 60.7 Å². The number of hydrogen-bond donors (Lipinski definition) is 0. The first-order valence-electron chi connectivity index (χ1n) is 7.55. The zero-order chi connectivity index (χ0) is 17.2. The van der Waals surface area contributed by atoms with E-state index in [4.69, 9.17) is 23.2 Å². The predicted octanol–water partition coefficient (Wildman–Crippen LogP) is 5.39. The summed E-state index contributed by atoms with van der Waals surface area (Å²) < 4.78 is 1.76. The Morgan fingerprint density at radius 2 is 1.48 bits per heavy atom. The third-order valence-corrected chi connectivity index (χ3v) is 5.14. The average Bonchev–Trinajstić information content (AvgIpc) is 3.05. The number of fused-ring (bicyclic) bond motifs is 1. The minimum absolute atomic E-state index is 0.685. The first-order chi connectivity index (χ1) is 12.2. The first-order valence-corrected chi connectivity index (χ1v) is 9.29. The second-order valence-corrected chi connectivity index (χ2v) is 7.26. The van der Waals surface area contributed by atoms with Crippen molar-refractivity contribution >= 4 is 40.6 Å². The van der Waals surface area contributed by atoms with E-state index in [0.29, 0.717) is 16.5 Å². The molecular formula is C18H12Cl2N4S. The maximum Gasteiger partial charge on any atom is 0.185 e. The minimum Gasteiger partial charge on any atom is -0.192 e. The van der Waals surface area contributed by atoms with Crippen LogP contribution >= 0.6 is 35.0 Å². The van der Waals surface area contributed by atoms with Crippen LogP contribution in [0.5, 0.6) is 0 Å². The van der Waals surface area contributed by atoms with Gasteiger partial charge in [0.1, 0.15) is 5.03 Å². The summed E-state index contributed by atoms with van der Waals surface area (Å²) in [5.74, 6) is 1.51. The highest BCUT2D eigenvalue weighted by Crippen LogP contribution is 2.24. The van der Waals surface area contributed by atoms with Crippen LogP contribution in [0.25, 0.3) is 17.0 Å². The van der Waals surface area contributed by atoms with Crippen molar-refractivity contribution in [2.45, 2.75) is 10.8 Å². The van der Waals surface area contributed by atoms with Crippen LogP contribution in [0.3, 0.4) is 0 Å². The van der Waals surface area contributed by atoms with Crippen LogP contribution < -0.4 is 0 Å². The van der Waals surface area contributed by atoms with Crippen molar-refractivity contribution in [3.05, 3.63) is 76.3 Å². The molecule has 124 valence electrons. The second kappa shape index (κ2) is 7.04. The fourth-order valence-electron chi connectivity index (χ4n) is 2.37. The molecule has 2 aromatic heterocycles. The summed E-state index contributed by atoms with van der Waals surface area (Å²) in [6.07, 6.45) is 0. The molecule has 0 atom stereocenters. The van der Waals surface area contributed by atoms with E-state index in [1.54, 1.807) is 16.3 Å². The monoisotopic (exact) mass is 386 g/mol. The van der Waals surface area contributed by atoms with Crippen molar-refractivity contribution in [1.29, 1.82) is 0 Å². The Balaban J connectivity index is 1.61. The van der Waals surface area contributed by atoms with Gasteiger partial charge in [0.15, 0.2) is 11.5 Å². The Hall–Kier alpha value is -2.08. The fourth-order valence-corrected chi connectivity index (χ4v) is 3.43. The van der Waals surface area contributed by atoms with Crippen molar-refractivity contribution in [2.24, 2.45) is 0 Å². The zero-order valence-electron chi connectivity index (χ0n) is 12.9. The van der Waals surface area contributed by atoms with Crippen LogP contribution in [0.2, 0.25) is 10.0 Å². The van der Waals surface area contributed by atoms with Gasteiger partial charge in [-0.15, -0.1) is 10.2 Å². The third-order valence-electron chi connectivity index (χ3n) is 3.64. The molecule has 0 amide bonds. The van der Waals surface area contributed by atoms with Crippen molar-refractivity contribution in [3.8, 4) is 11.4 Å². The molecule has 2 heterocycles. The third kappa shape index (κ3) is 3.63. The number of thioether (sulfide) groups is 1. The summed E-state index contributed by atoms with van der Waals surface area (Å²) in [6, 6.07) is 19.2. The average molecular weight is 387 g/mol. The minimum atomic E-state index is 0.685. The smallest absolute Gasteiger partial charge is 0.185 e. The van der Waals surface area contributed by atoms with Gasteiger partial charge < -0.3 is 0 Å². The number of benzene rings is 2. The molecule has 4 nitrogen and oxygen atoms in total. The van der Waals surface area contributed by atoms with Crippen molar-refractivity contribution in [3.63, 3.8) is 0 Å². The Kier molecular flexibility index (Phi) is 4.61. The lowest BCUT2D eigenvalue weighted by Gasteiger charge is -2.04. The summed E-state index contributed by atoms with van der Waals surface area (Å²) in [6.45, 7) is 0. The molecule has 0 saturated heterocycles. The summed E-state index contributed by atoms with van der Waals surface area (Å²) in [5.41, 5.74) is 2.82. The maximum absolute atomic E-state index is 5.96. The molecule has 2 aromatic carbocycles. The summed E-state index contributed by atoms with van der Waals surface area (Å²) in [7, 11) is 0. The molecule has 0 aliphatic heterocycles. The molecule has 0 fully saturated rings. The van der Waals surface area contributed by atoms with Gasteiger partial charge in [0.05, 0.1) is 0 Å². The second-order valence-electron chi connectivity index (χ2n) is 5.39. The molecule has 0 aliphatic rings. The number of nitrogens with zero attached hydrogens (tertiary/aromatic N) is 4. The van der Waals surface area contributed by atoms with E-state index < -0.39 is 0 Å². The van der Waals surface area contributed by atoms with Crippen LogP contribution in [0.15, 0.2) is 65.7 Å². The molecular weight excluding hydrogens is 375 g/mol. The standard InChI is InChI=1S/C18H12Cl2N4S/c19-14-5-1-12(2-6-14)11-25-17-10-9-16-21-22-18(24(16)23-17)13-3-7-15(20)8-4-13/h1-10H,11H2. The molecule has 4 rings (SSSR count). The Labute approximate surface area is 158 Å². The van der Waals surface area contributed by atoms with Gasteiger partial charge in [0.2, 0.25) is 0 Å². The molecule has 0 N–H and O–H groups in total. The van der Waals surface area contributed by atoms with Crippen molar-refractivity contribution in [2.75, 3.05) is 0 Å². The number of rotatable bonds is 4. The molecule has 0 bridgehead atoms. The van der Waals surface area contributed by atoms with E-state index >= 15 is 0 Å². The normalized spacial score (nSPS) is 11.1. The summed E-state index contributed by atoms with van der Waals surface area (Å²) in [4.78, 5) is 0. The molecule has 7 heteroatoms. The number of hydrogen-bond acceptors (Lipinski definition) is 4. The number of aromatic nitrogens is 4. The lowest BCUT2D eigenvalue weighted by molar-refractivity contribution is 0.860. The van der Waals surface area contributed by atoms with Crippen LogP contribution in [0, 0.1) is 0 Å². The fraction of sp³-hybridized carbons (Fsp3) is 0.0556. The highest BCUT2D eigenvalue weighted by molar-refractivity contribution is 7.98. The zero-order valence-corrected chi connectivity index (χ0v) is 15.3. The van der Waals surface area contributed by atoms with Gasteiger partial charge in [-0.2, -0.15) is 9.61 Å².